The van der Waals surface area contributed by atoms with Crippen LogP contribution in [-0.2, 0) is 9.53 Å². The third kappa shape index (κ3) is 7.95. The van der Waals surface area contributed by atoms with Crippen LogP contribution >= 0.6 is 15.9 Å². The summed E-state index contributed by atoms with van der Waals surface area (Å²) in [6, 6.07) is 7.30. The van der Waals surface area contributed by atoms with Gasteiger partial charge in [0.15, 0.2) is 0 Å². The predicted molar refractivity (Wildman–Crippen MR) is 114 cm³/mol. The minimum atomic E-state index is -0.354. The normalized spacial score (nSPS) is 18.9. The predicted octanol–water partition coefficient (Wildman–Crippen LogP) is 3.44. The highest BCUT2D eigenvalue weighted by Gasteiger charge is 2.28. The number of aliphatic hydroxyl groups excluding tert-OH is 1. The maximum atomic E-state index is 12.4. The molecule has 29 heavy (non-hydrogen) atoms. The SMILES string of the molecule is CN(CCCO)C(=O)CCO[C@H]1CC[C@H](N(C)C(=O)Oc2ccc(Br)cc2)CC1. The van der Waals surface area contributed by atoms with Crippen LogP contribution in [0, 0.1) is 0 Å². The molecule has 8 heteroatoms. The number of rotatable bonds is 9. The number of ether oxygens (including phenoxy) is 2. The summed E-state index contributed by atoms with van der Waals surface area (Å²) in [4.78, 5) is 27.6. The van der Waals surface area contributed by atoms with E-state index in [0.717, 1.165) is 30.2 Å². The Balaban J connectivity index is 1.66. The van der Waals surface area contributed by atoms with Gasteiger partial charge in [-0.3, -0.25) is 4.79 Å². The molecule has 0 aromatic heterocycles. The molecule has 7 nitrogen and oxygen atoms in total. The average Bonchev–Trinajstić information content (AvgIpc) is 2.73. The second-order valence-corrected chi connectivity index (χ2v) is 8.29. The van der Waals surface area contributed by atoms with E-state index < -0.39 is 0 Å². The Morgan fingerprint density at radius 1 is 1.14 bits per heavy atom. The molecule has 0 saturated heterocycles. The van der Waals surface area contributed by atoms with Crippen molar-refractivity contribution in [3.8, 4) is 5.75 Å². The summed E-state index contributed by atoms with van der Waals surface area (Å²) >= 11 is 3.36. The Hall–Kier alpha value is -1.64. The van der Waals surface area contributed by atoms with E-state index in [1.807, 2.05) is 12.1 Å². The number of aliphatic hydroxyl groups is 1. The molecular formula is C21H31BrN2O5. The second-order valence-electron chi connectivity index (χ2n) is 7.38. The van der Waals surface area contributed by atoms with Crippen molar-refractivity contribution < 1.29 is 24.2 Å². The van der Waals surface area contributed by atoms with Gasteiger partial charge in [-0.05, 0) is 56.4 Å². The lowest BCUT2D eigenvalue weighted by atomic mass is 9.92. The average molecular weight is 471 g/mol. The zero-order chi connectivity index (χ0) is 21.2. The smallest absolute Gasteiger partial charge is 0.410 e. The molecule has 162 valence electrons. The highest BCUT2D eigenvalue weighted by molar-refractivity contribution is 9.10. The van der Waals surface area contributed by atoms with Crippen LogP contribution in [0.25, 0.3) is 0 Å². The minimum absolute atomic E-state index is 0.0301. The number of halogens is 1. The third-order valence-corrected chi connectivity index (χ3v) is 5.77. The lowest BCUT2D eigenvalue weighted by Crippen LogP contribution is -2.42. The number of carbonyl (C=O) groups is 2. The Kier molecular flexibility index (Phi) is 9.90. The first-order valence-electron chi connectivity index (χ1n) is 10.1. The summed E-state index contributed by atoms with van der Waals surface area (Å²) in [7, 11) is 3.51. The number of benzene rings is 1. The van der Waals surface area contributed by atoms with Gasteiger partial charge in [0.05, 0.1) is 19.1 Å². The number of carbonyl (C=O) groups excluding carboxylic acids is 2. The number of nitrogens with zero attached hydrogens (tertiary/aromatic N) is 2. The maximum Gasteiger partial charge on any atom is 0.415 e. The Labute approximate surface area is 181 Å². The molecule has 0 bridgehead atoms. The van der Waals surface area contributed by atoms with Gasteiger partial charge in [-0.1, -0.05) is 15.9 Å². The van der Waals surface area contributed by atoms with Crippen molar-refractivity contribution in [2.24, 2.45) is 0 Å². The summed E-state index contributed by atoms with van der Waals surface area (Å²) in [5.41, 5.74) is 0. The third-order valence-electron chi connectivity index (χ3n) is 5.25. The van der Waals surface area contributed by atoms with E-state index in [4.69, 9.17) is 14.6 Å². The van der Waals surface area contributed by atoms with Crippen molar-refractivity contribution >= 4 is 27.9 Å². The lowest BCUT2D eigenvalue weighted by Gasteiger charge is -2.34. The zero-order valence-corrected chi connectivity index (χ0v) is 18.8. The van der Waals surface area contributed by atoms with Gasteiger partial charge in [-0.25, -0.2) is 4.79 Å². The Morgan fingerprint density at radius 2 is 1.79 bits per heavy atom. The lowest BCUT2D eigenvalue weighted by molar-refractivity contribution is -0.131. The molecule has 0 heterocycles. The fraction of sp³-hybridized carbons (Fsp3) is 0.619. The largest absolute Gasteiger partial charge is 0.415 e. The molecule has 0 unspecified atom stereocenters. The maximum absolute atomic E-state index is 12.4. The highest BCUT2D eigenvalue weighted by Crippen LogP contribution is 2.25. The molecule has 1 aromatic carbocycles. The van der Waals surface area contributed by atoms with Gasteiger partial charge in [0.2, 0.25) is 5.91 Å². The summed E-state index contributed by atoms with van der Waals surface area (Å²) < 4.78 is 12.2. The first-order chi connectivity index (χ1) is 13.9. The van der Waals surface area contributed by atoms with Crippen LogP contribution in [0.5, 0.6) is 5.75 Å². The van der Waals surface area contributed by atoms with Crippen LogP contribution in [0.4, 0.5) is 4.79 Å². The van der Waals surface area contributed by atoms with Crippen molar-refractivity contribution in [2.75, 3.05) is 33.9 Å². The molecule has 1 aromatic rings. The van der Waals surface area contributed by atoms with Crippen LogP contribution < -0.4 is 4.74 Å². The van der Waals surface area contributed by atoms with E-state index in [2.05, 4.69) is 15.9 Å². The number of amides is 2. The molecule has 1 fully saturated rings. The molecule has 1 aliphatic carbocycles. The van der Waals surface area contributed by atoms with Gasteiger partial charge in [0, 0.05) is 37.8 Å². The summed E-state index contributed by atoms with van der Waals surface area (Å²) in [6.45, 7) is 1.05. The summed E-state index contributed by atoms with van der Waals surface area (Å²) in [6.07, 6.45) is 4.11. The van der Waals surface area contributed by atoms with Crippen LogP contribution in [0.3, 0.4) is 0 Å². The van der Waals surface area contributed by atoms with Crippen molar-refractivity contribution in [3.63, 3.8) is 0 Å². The van der Waals surface area contributed by atoms with E-state index in [1.165, 1.54) is 0 Å². The van der Waals surface area contributed by atoms with Gasteiger partial charge in [0.1, 0.15) is 5.75 Å². The van der Waals surface area contributed by atoms with Gasteiger partial charge < -0.3 is 24.4 Å². The van der Waals surface area contributed by atoms with Crippen LogP contribution in [0.1, 0.15) is 38.5 Å². The molecule has 0 aliphatic heterocycles. The van der Waals surface area contributed by atoms with Gasteiger partial charge in [-0.15, -0.1) is 0 Å². The molecular weight excluding hydrogens is 440 g/mol. The highest BCUT2D eigenvalue weighted by atomic mass is 79.9. The van der Waals surface area contributed by atoms with Crippen molar-refractivity contribution in [3.05, 3.63) is 28.7 Å². The van der Waals surface area contributed by atoms with Crippen LogP contribution in [0.15, 0.2) is 28.7 Å². The summed E-state index contributed by atoms with van der Waals surface area (Å²) in [5, 5.41) is 8.82. The summed E-state index contributed by atoms with van der Waals surface area (Å²) in [5.74, 6) is 0.554. The molecule has 1 N–H and O–H groups in total. The van der Waals surface area contributed by atoms with Gasteiger partial charge in [-0.2, -0.15) is 0 Å². The van der Waals surface area contributed by atoms with E-state index >= 15 is 0 Å². The standard InChI is InChI=1S/C21H31BrN2O5/c1-23(13-3-14-25)20(26)12-15-28-18-10-6-17(7-11-18)24(2)21(27)29-19-8-4-16(22)5-9-19/h4-5,8-9,17-18,25H,3,6-7,10-15H2,1-2H3/t17-,18-. The number of hydrogen-bond acceptors (Lipinski definition) is 5. The van der Waals surface area contributed by atoms with Gasteiger partial charge in [0.25, 0.3) is 0 Å². The topological polar surface area (TPSA) is 79.3 Å². The zero-order valence-electron chi connectivity index (χ0n) is 17.2. The molecule has 0 radical (unpaired) electrons. The van der Waals surface area contributed by atoms with E-state index in [1.54, 1.807) is 36.0 Å². The van der Waals surface area contributed by atoms with E-state index in [-0.39, 0.29) is 30.8 Å². The Bertz CT molecular complexity index is 647. The van der Waals surface area contributed by atoms with Gasteiger partial charge >= 0.3 is 6.09 Å². The van der Waals surface area contributed by atoms with E-state index in [9.17, 15) is 9.59 Å². The fourth-order valence-electron chi connectivity index (χ4n) is 3.36. The molecule has 2 amide bonds. The molecule has 0 atom stereocenters. The van der Waals surface area contributed by atoms with Crippen molar-refractivity contribution in [2.45, 2.75) is 50.7 Å². The van der Waals surface area contributed by atoms with E-state index in [0.29, 0.717) is 31.7 Å². The minimum Gasteiger partial charge on any atom is -0.410 e. The quantitative estimate of drug-likeness (QED) is 0.597. The Morgan fingerprint density at radius 3 is 2.41 bits per heavy atom. The molecule has 1 saturated carbocycles. The van der Waals surface area contributed by atoms with Crippen LogP contribution in [-0.4, -0.2) is 72.9 Å². The first kappa shape index (κ1) is 23.6. The fourth-order valence-corrected chi connectivity index (χ4v) is 3.62. The van der Waals surface area contributed by atoms with Crippen molar-refractivity contribution in [1.29, 1.82) is 0 Å². The molecule has 1 aliphatic rings. The monoisotopic (exact) mass is 470 g/mol. The van der Waals surface area contributed by atoms with Crippen LogP contribution in [0.2, 0.25) is 0 Å². The second kappa shape index (κ2) is 12.1. The number of hydrogen-bond donors (Lipinski definition) is 1. The first-order valence-corrected chi connectivity index (χ1v) is 10.9. The van der Waals surface area contributed by atoms with Crippen molar-refractivity contribution in [1.82, 2.24) is 9.80 Å². The molecule has 2 rings (SSSR count). The molecule has 0 spiro atoms.